The summed E-state index contributed by atoms with van der Waals surface area (Å²) in [5.74, 6) is 0.700. The average molecular weight is 167 g/mol. The predicted octanol–water partition coefficient (Wildman–Crippen LogP) is 1.65. The second-order valence-corrected chi connectivity index (χ2v) is 4.93. The van der Waals surface area contributed by atoms with Gasteiger partial charge in [0.1, 0.15) is 0 Å². The molecule has 0 aromatic carbocycles. The van der Waals surface area contributed by atoms with E-state index in [2.05, 4.69) is 13.8 Å². The van der Waals surface area contributed by atoms with E-state index in [1.54, 1.807) is 0 Å². The molecule has 2 heteroatoms. The maximum absolute atomic E-state index is 11.7. The van der Waals surface area contributed by atoms with Crippen LogP contribution in [0.1, 0.15) is 33.1 Å². The van der Waals surface area contributed by atoms with Crippen molar-refractivity contribution in [3.8, 4) is 0 Å². The van der Waals surface area contributed by atoms with Crippen molar-refractivity contribution in [1.82, 2.24) is 4.90 Å². The number of carbonyl (C=O) groups excluding carboxylic acids is 1. The molecular formula is C10H17NO. The van der Waals surface area contributed by atoms with E-state index in [1.807, 2.05) is 11.9 Å². The Morgan fingerprint density at radius 3 is 2.25 bits per heavy atom. The summed E-state index contributed by atoms with van der Waals surface area (Å²) in [5, 5.41) is 0. The van der Waals surface area contributed by atoms with Gasteiger partial charge in [-0.05, 0) is 24.7 Å². The van der Waals surface area contributed by atoms with Gasteiger partial charge in [0.05, 0.1) is 0 Å². The molecule has 0 aromatic rings. The average Bonchev–Trinajstić information content (AvgIpc) is 2.82. The third kappa shape index (κ3) is 1.23. The first-order chi connectivity index (χ1) is 5.52. The largest absolute Gasteiger partial charge is 0.343 e. The fourth-order valence-electron chi connectivity index (χ4n) is 1.78. The van der Waals surface area contributed by atoms with Gasteiger partial charge in [-0.25, -0.2) is 0 Å². The maximum Gasteiger partial charge on any atom is 0.226 e. The summed E-state index contributed by atoms with van der Waals surface area (Å²) < 4.78 is 0. The molecule has 0 aliphatic heterocycles. The van der Waals surface area contributed by atoms with Gasteiger partial charge in [-0.1, -0.05) is 13.8 Å². The van der Waals surface area contributed by atoms with E-state index in [9.17, 15) is 4.79 Å². The van der Waals surface area contributed by atoms with Crippen molar-refractivity contribution in [3.05, 3.63) is 0 Å². The lowest BCUT2D eigenvalue weighted by atomic mass is 10.1. The highest BCUT2D eigenvalue weighted by Crippen LogP contribution is 2.52. The van der Waals surface area contributed by atoms with Crippen molar-refractivity contribution in [1.29, 1.82) is 0 Å². The first-order valence-corrected chi connectivity index (χ1v) is 4.79. The molecule has 0 heterocycles. The van der Waals surface area contributed by atoms with Crippen LogP contribution in [0.15, 0.2) is 0 Å². The van der Waals surface area contributed by atoms with Crippen LogP contribution in [0, 0.1) is 11.3 Å². The molecule has 2 rings (SSSR count). The van der Waals surface area contributed by atoms with Gasteiger partial charge in [0, 0.05) is 19.0 Å². The fourth-order valence-corrected chi connectivity index (χ4v) is 1.78. The molecule has 2 aliphatic rings. The van der Waals surface area contributed by atoms with Crippen LogP contribution >= 0.6 is 0 Å². The second kappa shape index (κ2) is 2.24. The number of carbonyl (C=O) groups is 1. The van der Waals surface area contributed by atoms with Gasteiger partial charge < -0.3 is 4.90 Å². The predicted molar refractivity (Wildman–Crippen MR) is 47.7 cm³/mol. The Hall–Kier alpha value is -0.530. The van der Waals surface area contributed by atoms with Crippen molar-refractivity contribution in [2.75, 3.05) is 7.05 Å². The van der Waals surface area contributed by atoms with Crippen molar-refractivity contribution >= 4 is 5.91 Å². The summed E-state index contributed by atoms with van der Waals surface area (Å²) >= 11 is 0. The minimum atomic E-state index is 0.292. The highest BCUT2D eigenvalue weighted by atomic mass is 16.2. The zero-order valence-corrected chi connectivity index (χ0v) is 8.13. The first kappa shape index (κ1) is 8.09. The van der Waals surface area contributed by atoms with Crippen LogP contribution < -0.4 is 0 Å². The molecule has 2 nitrogen and oxygen atoms in total. The highest BCUT2D eigenvalue weighted by Gasteiger charge is 2.52. The van der Waals surface area contributed by atoms with Crippen LogP contribution in [0.4, 0.5) is 0 Å². The molecule has 0 saturated heterocycles. The van der Waals surface area contributed by atoms with Gasteiger partial charge in [0.15, 0.2) is 0 Å². The summed E-state index contributed by atoms with van der Waals surface area (Å²) in [6.07, 6.45) is 3.52. The third-order valence-corrected chi connectivity index (χ3v) is 3.25. The molecule has 12 heavy (non-hydrogen) atoms. The molecule has 2 aliphatic carbocycles. The Morgan fingerprint density at radius 1 is 1.42 bits per heavy atom. The topological polar surface area (TPSA) is 20.3 Å². The molecular weight excluding hydrogens is 150 g/mol. The van der Waals surface area contributed by atoms with Gasteiger partial charge in [-0.2, -0.15) is 0 Å². The van der Waals surface area contributed by atoms with Gasteiger partial charge in [-0.15, -0.1) is 0 Å². The van der Waals surface area contributed by atoms with Crippen LogP contribution in [0.3, 0.4) is 0 Å². The molecule has 1 amide bonds. The van der Waals surface area contributed by atoms with E-state index < -0.39 is 0 Å². The van der Waals surface area contributed by atoms with Gasteiger partial charge >= 0.3 is 0 Å². The summed E-state index contributed by atoms with van der Waals surface area (Å²) in [4.78, 5) is 13.7. The Kier molecular flexibility index (Phi) is 1.51. The maximum atomic E-state index is 11.7. The molecule has 0 radical (unpaired) electrons. The van der Waals surface area contributed by atoms with Crippen molar-refractivity contribution in [2.45, 2.75) is 39.2 Å². The summed E-state index contributed by atoms with van der Waals surface area (Å²) in [5.41, 5.74) is 0.292. The molecule has 2 saturated carbocycles. The molecule has 68 valence electrons. The quantitative estimate of drug-likeness (QED) is 0.612. The first-order valence-electron chi connectivity index (χ1n) is 4.79. The van der Waals surface area contributed by atoms with Crippen molar-refractivity contribution < 1.29 is 4.79 Å². The standard InChI is InChI=1S/C10H17NO/c1-10(2)6-8(10)9(12)11(3)7-4-5-7/h7-8H,4-6H2,1-3H3. The van der Waals surface area contributed by atoms with Gasteiger partial charge in [0.25, 0.3) is 0 Å². The van der Waals surface area contributed by atoms with Crippen LogP contribution in [-0.4, -0.2) is 23.9 Å². The van der Waals surface area contributed by atoms with Crippen LogP contribution in [0.5, 0.6) is 0 Å². The number of rotatable bonds is 2. The monoisotopic (exact) mass is 167 g/mol. The van der Waals surface area contributed by atoms with E-state index >= 15 is 0 Å². The Morgan fingerprint density at radius 2 is 1.92 bits per heavy atom. The summed E-state index contributed by atoms with van der Waals surface area (Å²) in [6.45, 7) is 4.35. The van der Waals surface area contributed by atoms with E-state index in [1.165, 1.54) is 12.8 Å². The number of amides is 1. The SMILES string of the molecule is CN(C(=O)C1CC1(C)C)C1CC1. The number of nitrogens with zero attached hydrogens (tertiary/aromatic N) is 1. The lowest BCUT2D eigenvalue weighted by molar-refractivity contribution is -0.132. The molecule has 2 fully saturated rings. The van der Waals surface area contributed by atoms with E-state index in [0.717, 1.165) is 6.42 Å². The van der Waals surface area contributed by atoms with Crippen molar-refractivity contribution in [2.24, 2.45) is 11.3 Å². The van der Waals surface area contributed by atoms with E-state index in [-0.39, 0.29) is 0 Å². The van der Waals surface area contributed by atoms with Crippen LogP contribution in [0.25, 0.3) is 0 Å². The Labute approximate surface area is 73.9 Å². The van der Waals surface area contributed by atoms with Crippen LogP contribution in [-0.2, 0) is 4.79 Å². The Bertz CT molecular complexity index is 214. The minimum absolute atomic E-state index is 0.292. The lowest BCUT2D eigenvalue weighted by Gasteiger charge is -2.16. The molecule has 1 atom stereocenters. The highest BCUT2D eigenvalue weighted by molar-refractivity contribution is 5.82. The number of hydrogen-bond donors (Lipinski definition) is 0. The fraction of sp³-hybridized carbons (Fsp3) is 0.900. The lowest BCUT2D eigenvalue weighted by Crippen LogP contribution is -2.31. The molecule has 0 bridgehead atoms. The second-order valence-electron chi connectivity index (χ2n) is 4.93. The zero-order valence-electron chi connectivity index (χ0n) is 8.13. The molecule has 1 unspecified atom stereocenters. The van der Waals surface area contributed by atoms with Crippen LogP contribution in [0.2, 0.25) is 0 Å². The Balaban J connectivity index is 1.92. The molecule has 0 N–H and O–H groups in total. The van der Waals surface area contributed by atoms with Gasteiger partial charge in [0.2, 0.25) is 5.91 Å². The minimum Gasteiger partial charge on any atom is -0.343 e. The third-order valence-electron chi connectivity index (χ3n) is 3.25. The smallest absolute Gasteiger partial charge is 0.226 e. The molecule has 0 spiro atoms. The molecule has 0 aromatic heterocycles. The zero-order chi connectivity index (χ0) is 8.93. The van der Waals surface area contributed by atoms with E-state index in [0.29, 0.717) is 23.3 Å². The normalized spacial score (nSPS) is 31.4. The van der Waals surface area contributed by atoms with Crippen molar-refractivity contribution in [3.63, 3.8) is 0 Å². The summed E-state index contributed by atoms with van der Waals surface area (Å²) in [6, 6.07) is 0.578. The number of hydrogen-bond acceptors (Lipinski definition) is 1. The summed E-state index contributed by atoms with van der Waals surface area (Å²) in [7, 11) is 1.95. The van der Waals surface area contributed by atoms with Gasteiger partial charge in [-0.3, -0.25) is 4.79 Å². The van der Waals surface area contributed by atoms with E-state index in [4.69, 9.17) is 0 Å².